The lowest BCUT2D eigenvalue weighted by Crippen LogP contribution is -2.70. The van der Waals surface area contributed by atoms with Crippen LogP contribution in [0.1, 0.15) is 141 Å². The Morgan fingerprint density at radius 2 is 1.65 bits per heavy atom. The number of aliphatic hydroxyl groups is 1. The Kier molecular flexibility index (Phi) is 13.7. The van der Waals surface area contributed by atoms with E-state index in [0.29, 0.717) is 36.2 Å². The average molecular weight is 910 g/mol. The van der Waals surface area contributed by atoms with Gasteiger partial charge in [0.05, 0.1) is 24.9 Å². The summed E-state index contributed by atoms with van der Waals surface area (Å²) in [5.41, 5.74) is 3.29. The van der Waals surface area contributed by atoms with Crippen molar-refractivity contribution in [3.05, 3.63) is 76.9 Å². The van der Waals surface area contributed by atoms with Crippen LogP contribution in [0.5, 0.6) is 0 Å². The number of epoxide rings is 1. The summed E-state index contributed by atoms with van der Waals surface area (Å²) in [4.78, 5) is 53.1. The number of hydrogen-bond acceptors (Lipinski definition) is 10. The number of benzene rings is 2. The summed E-state index contributed by atoms with van der Waals surface area (Å²) in [6.45, 7) is 11.5. The smallest absolute Gasteiger partial charge is 0.327 e. The molecule has 11 atom stereocenters. The zero-order valence-electron chi connectivity index (χ0n) is 40.3. The monoisotopic (exact) mass is 910 g/mol. The summed E-state index contributed by atoms with van der Waals surface area (Å²) in [7, 11) is 1.65. The molecule has 3 saturated carbocycles. The molecule has 1 unspecified atom stereocenters. The number of nitrogens with one attached hydrogen (secondary N) is 1. The summed E-state index contributed by atoms with van der Waals surface area (Å²) < 4.78 is 26.8. The number of esters is 1. The summed E-state index contributed by atoms with van der Waals surface area (Å²) >= 11 is 0. The first kappa shape index (κ1) is 47.4. The average Bonchev–Trinajstić information content (AvgIpc) is 3.58. The van der Waals surface area contributed by atoms with Crippen molar-refractivity contribution in [2.75, 3.05) is 20.2 Å². The maximum atomic E-state index is 15.8. The number of nitrogens with zero attached hydrogens (tertiary/aromatic N) is 2. The SMILES string of the molecule is CCCCCC1(CCCCC)O[C@@H]2[C@H](O1)[C@H]1ON(Cc3cccc(C=C4CCC5O[C@]5(C)CC[C@@H]5[C@@H]4CC5(C)C)c3)[C@H]3C(=O)O[C@@H]2C[C@@]13C(=O)N(C)[C@H](Cc1ccccc1)C(=O)NCCO. The van der Waals surface area contributed by atoms with Crippen LogP contribution in [0.25, 0.3) is 6.08 Å². The van der Waals surface area contributed by atoms with E-state index in [0.717, 1.165) is 74.5 Å². The molecular formula is C54H75N3O9. The van der Waals surface area contributed by atoms with Crippen LogP contribution in [0.2, 0.25) is 0 Å². The Bertz CT molecular complexity index is 2100. The first-order valence-corrected chi connectivity index (χ1v) is 25.4. The number of carbonyl (C=O) groups excluding carboxylic acids is 3. The quantitative estimate of drug-likeness (QED) is 0.0858. The Morgan fingerprint density at radius 1 is 0.924 bits per heavy atom. The molecule has 12 heteroatoms. The molecule has 4 saturated heterocycles. The fourth-order valence-corrected chi connectivity index (χ4v) is 13.1. The molecule has 0 aromatic heterocycles. The van der Waals surface area contributed by atoms with Gasteiger partial charge in [-0.15, -0.1) is 0 Å². The van der Waals surface area contributed by atoms with Crippen LogP contribution in [0.4, 0.5) is 0 Å². The van der Waals surface area contributed by atoms with E-state index in [4.69, 9.17) is 23.8 Å². The van der Waals surface area contributed by atoms with Gasteiger partial charge in [-0.2, -0.15) is 5.06 Å². The number of aliphatic hydroxyl groups excluding tert-OH is 1. The van der Waals surface area contributed by atoms with Gasteiger partial charge in [0.25, 0.3) is 0 Å². The summed E-state index contributed by atoms with van der Waals surface area (Å²) in [5, 5.41) is 14.2. The van der Waals surface area contributed by atoms with Crippen molar-refractivity contribution in [3.8, 4) is 0 Å². The number of rotatable bonds is 18. The van der Waals surface area contributed by atoms with Crippen molar-refractivity contribution in [2.24, 2.45) is 22.7 Å². The topological polar surface area (TPSA) is 139 Å². The van der Waals surface area contributed by atoms with Crippen LogP contribution in [0, 0.1) is 22.7 Å². The Labute approximate surface area is 392 Å². The highest BCUT2D eigenvalue weighted by Crippen LogP contribution is 2.61. The lowest BCUT2D eigenvalue weighted by Gasteiger charge is -2.53. The normalized spacial score (nSPS) is 34.7. The highest BCUT2D eigenvalue weighted by atomic mass is 16.8. The molecule has 2 aromatic rings. The van der Waals surface area contributed by atoms with Crippen LogP contribution in [-0.2, 0) is 51.1 Å². The number of fused-ring (bicyclic) bond motifs is 6. The minimum absolute atomic E-state index is 0.0166. The maximum absolute atomic E-state index is 15.8. The van der Waals surface area contributed by atoms with Gasteiger partial charge in [0.15, 0.2) is 11.8 Å². The minimum Gasteiger partial charge on any atom is -0.458 e. The van der Waals surface area contributed by atoms with Crippen LogP contribution < -0.4 is 5.32 Å². The van der Waals surface area contributed by atoms with Gasteiger partial charge in [-0.25, -0.2) is 0 Å². The molecule has 2 amide bonds. The van der Waals surface area contributed by atoms with E-state index >= 15 is 4.79 Å². The van der Waals surface area contributed by atoms with Gasteiger partial charge < -0.3 is 34.3 Å². The maximum Gasteiger partial charge on any atom is 0.327 e. The van der Waals surface area contributed by atoms with Gasteiger partial charge in [0.2, 0.25) is 11.8 Å². The Balaban J connectivity index is 1.06. The molecule has 2 aromatic carbocycles. The molecule has 4 heterocycles. The predicted molar refractivity (Wildman–Crippen MR) is 250 cm³/mol. The van der Waals surface area contributed by atoms with Crippen molar-refractivity contribution in [1.29, 1.82) is 0 Å². The predicted octanol–water partition coefficient (Wildman–Crippen LogP) is 8.08. The van der Waals surface area contributed by atoms with E-state index in [1.807, 2.05) is 30.3 Å². The van der Waals surface area contributed by atoms with Gasteiger partial charge >= 0.3 is 5.97 Å². The van der Waals surface area contributed by atoms with Gasteiger partial charge in [0, 0.05) is 39.3 Å². The summed E-state index contributed by atoms with van der Waals surface area (Å²) in [5.74, 6) is -1.02. The van der Waals surface area contributed by atoms with Gasteiger partial charge in [-0.1, -0.05) is 120 Å². The molecule has 66 heavy (non-hydrogen) atoms. The minimum atomic E-state index is -1.45. The second-order valence-corrected chi connectivity index (χ2v) is 21.7. The highest BCUT2D eigenvalue weighted by Gasteiger charge is 2.77. The molecule has 360 valence electrons. The second kappa shape index (κ2) is 19.0. The van der Waals surface area contributed by atoms with E-state index in [9.17, 15) is 14.7 Å². The van der Waals surface area contributed by atoms with Gasteiger partial charge in [-0.05, 0) is 85.8 Å². The lowest BCUT2D eigenvalue weighted by atomic mass is 9.52. The van der Waals surface area contributed by atoms with Crippen LogP contribution in [0.15, 0.2) is 60.2 Å². The first-order chi connectivity index (χ1) is 31.7. The zero-order valence-corrected chi connectivity index (χ0v) is 40.3. The van der Waals surface area contributed by atoms with E-state index in [2.05, 4.69) is 70.3 Å². The molecule has 12 nitrogen and oxygen atoms in total. The molecule has 7 fully saturated rings. The fraction of sp³-hybridized carbons (Fsp3) is 0.685. The Morgan fingerprint density at radius 3 is 2.36 bits per heavy atom. The molecule has 4 aliphatic heterocycles. The third-order valence-electron chi connectivity index (χ3n) is 16.8. The van der Waals surface area contributed by atoms with Crippen molar-refractivity contribution in [3.63, 3.8) is 0 Å². The second-order valence-electron chi connectivity index (χ2n) is 21.7. The highest BCUT2D eigenvalue weighted by molar-refractivity contribution is 5.96. The molecule has 7 aliphatic rings. The van der Waals surface area contributed by atoms with E-state index in [-0.39, 0.29) is 50.0 Å². The number of ether oxygens (including phenoxy) is 4. The van der Waals surface area contributed by atoms with Crippen molar-refractivity contribution >= 4 is 23.9 Å². The zero-order chi connectivity index (χ0) is 46.4. The van der Waals surface area contributed by atoms with Crippen LogP contribution in [0.3, 0.4) is 0 Å². The number of carbonyl (C=O) groups is 3. The largest absolute Gasteiger partial charge is 0.458 e. The number of amides is 2. The third kappa shape index (κ3) is 8.92. The van der Waals surface area contributed by atoms with E-state index in [1.165, 1.54) is 23.3 Å². The first-order valence-electron chi connectivity index (χ1n) is 25.4. The summed E-state index contributed by atoms with van der Waals surface area (Å²) in [6, 6.07) is 16.0. The van der Waals surface area contributed by atoms with Crippen LogP contribution >= 0.6 is 0 Å². The molecule has 2 N–H and O–H groups in total. The molecule has 2 bridgehead atoms. The Hall–Kier alpha value is -3.65. The van der Waals surface area contributed by atoms with E-state index < -0.39 is 53.7 Å². The number of allylic oxidation sites excluding steroid dienone is 1. The van der Waals surface area contributed by atoms with Gasteiger partial charge in [0.1, 0.15) is 35.9 Å². The number of likely N-dealkylation sites (N-methyl/N-ethyl adjacent to an activating group) is 1. The molecule has 3 aliphatic carbocycles. The molecule has 0 radical (unpaired) electrons. The molecule has 9 rings (SSSR count). The lowest BCUT2D eigenvalue weighted by molar-refractivity contribution is -0.225. The van der Waals surface area contributed by atoms with Crippen molar-refractivity contribution < 1.29 is 43.3 Å². The number of hydrogen-bond donors (Lipinski definition) is 2. The number of unbranched alkanes of at least 4 members (excludes halogenated alkanes) is 4. The van der Waals surface area contributed by atoms with Crippen LogP contribution in [-0.4, -0.2) is 107 Å². The van der Waals surface area contributed by atoms with Crippen molar-refractivity contribution in [1.82, 2.24) is 15.3 Å². The fourth-order valence-electron chi connectivity index (χ4n) is 13.1. The number of hydroxylamine groups is 2. The van der Waals surface area contributed by atoms with Crippen molar-refractivity contribution in [2.45, 2.75) is 191 Å². The summed E-state index contributed by atoms with van der Waals surface area (Å²) in [6.07, 6.45) is 13.1. The third-order valence-corrected chi connectivity index (χ3v) is 16.8. The van der Waals surface area contributed by atoms with E-state index in [1.54, 1.807) is 12.1 Å². The standard InChI is InChI=1S/C54H75N3O9/c1-7-9-14-24-53(25-15-10-8-2)64-44-42-33-54(50(61)56(6)41(48(59)55-27-28-58)31-35-17-12-11-13-18-35)46(49(60)62-42)57(66-47(54)45(44)65-53)34-37-20-16-19-36(29-37)30-38-21-22-43-52(5,63-43)26-23-40-39(38)32-51(40,3)4/h11-13,16-20,29-30,39-47,58H,7-10,14-15,21-28,31-34H2,1-6H3,(H,55,59)/t39-,40-,41-,42-,43?,44+,45+,46+,47-,52-,54+/m1/s1. The van der Waals surface area contributed by atoms with Gasteiger partial charge in [-0.3, -0.25) is 19.2 Å². The molecular weight excluding hydrogens is 835 g/mol. The molecule has 0 spiro atoms.